The molecule has 0 amide bonds. The number of rotatable bonds is 4. The van der Waals surface area contributed by atoms with E-state index in [1.807, 2.05) is 12.1 Å². The maximum atomic E-state index is 6.06. The Balaban J connectivity index is 2.75. The first-order valence-corrected chi connectivity index (χ1v) is 4.94. The van der Waals surface area contributed by atoms with Crippen molar-refractivity contribution in [3.05, 3.63) is 23.9 Å². The lowest BCUT2D eigenvalue weighted by Gasteiger charge is -2.18. The van der Waals surface area contributed by atoms with Crippen LogP contribution in [0.2, 0.25) is 0 Å². The van der Waals surface area contributed by atoms with Gasteiger partial charge in [0.25, 0.3) is 0 Å². The van der Waals surface area contributed by atoms with E-state index in [9.17, 15) is 0 Å². The summed E-state index contributed by atoms with van der Waals surface area (Å²) in [6.45, 7) is 4.29. The number of ether oxygens (including phenoxy) is 1. The zero-order valence-corrected chi connectivity index (χ0v) is 9.03. The molecule has 14 heavy (non-hydrogen) atoms. The van der Waals surface area contributed by atoms with Crippen LogP contribution in [-0.2, 0) is 0 Å². The van der Waals surface area contributed by atoms with Crippen molar-refractivity contribution in [2.75, 3.05) is 7.11 Å². The highest BCUT2D eigenvalue weighted by Gasteiger charge is 2.13. The minimum absolute atomic E-state index is 0.0680. The molecule has 1 rings (SSSR count). The van der Waals surface area contributed by atoms with Gasteiger partial charge in [0.1, 0.15) is 0 Å². The van der Waals surface area contributed by atoms with Gasteiger partial charge in [-0.15, -0.1) is 0 Å². The van der Waals surface area contributed by atoms with Crippen LogP contribution in [0.3, 0.4) is 0 Å². The van der Waals surface area contributed by atoms with Crippen molar-refractivity contribution in [3.63, 3.8) is 0 Å². The maximum Gasteiger partial charge on any atom is 0.212 e. The summed E-state index contributed by atoms with van der Waals surface area (Å²) in [5, 5.41) is 0. The molecule has 0 spiro atoms. The summed E-state index contributed by atoms with van der Waals surface area (Å²) in [6.07, 6.45) is 2.86. The molecule has 0 aliphatic rings. The van der Waals surface area contributed by atoms with Crippen LogP contribution in [0.5, 0.6) is 5.88 Å². The highest BCUT2D eigenvalue weighted by atomic mass is 16.5. The number of nitrogens with two attached hydrogens (primary N) is 1. The van der Waals surface area contributed by atoms with E-state index in [0.29, 0.717) is 11.8 Å². The average Bonchev–Trinajstić information content (AvgIpc) is 2.27. The Morgan fingerprint density at radius 3 is 2.64 bits per heavy atom. The lowest BCUT2D eigenvalue weighted by molar-refractivity contribution is 0.396. The number of hydrogen-bond donors (Lipinski definition) is 1. The molecule has 0 radical (unpaired) electrons. The normalized spacial score (nSPS) is 14.9. The highest BCUT2D eigenvalue weighted by molar-refractivity contribution is 5.20. The molecule has 2 N–H and O–H groups in total. The van der Waals surface area contributed by atoms with Crippen LogP contribution in [0, 0.1) is 5.92 Å². The summed E-state index contributed by atoms with van der Waals surface area (Å²) in [7, 11) is 1.61. The number of nitrogens with zero attached hydrogens (tertiary/aromatic N) is 1. The summed E-state index contributed by atoms with van der Waals surface area (Å²) >= 11 is 0. The summed E-state index contributed by atoms with van der Waals surface area (Å²) in [6, 6.07) is 3.89. The Morgan fingerprint density at radius 2 is 2.21 bits per heavy atom. The quantitative estimate of drug-likeness (QED) is 0.798. The van der Waals surface area contributed by atoms with E-state index in [2.05, 4.69) is 18.8 Å². The molecule has 0 saturated carbocycles. The lowest BCUT2D eigenvalue weighted by atomic mass is 9.95. The number of aromatic nitrogens is 1. The Kier molecular flexibility index (Phi) is 3.89. The molecule has 1 aromatic heterocycles. The van der Waals surface area contributed by atoms with Gasteiger partial charge in [-0.3, -0.25) is 0 Å². The highest BCUT2D eigenvalue weighted by Crippen LogP contribution is 2.21. The minimum Gasteiger partial charge on any atom is -0.481 e. The summed E-state index contributed by atoms with van der Waals surface area (Å²) in [4.78, 5) is 4.13. The molecular formula is C11H18N2O. The van der Waals surface area contributed by atoms with Gasteiger partial charge in [-0.2, -0.15) is 0 Å². The smallest absolute Gasteiger partial charge is 0.212 e. The Hall–Kier alpha value is -1.09. The van der Waals surface area contributed by atoms with Gasteiger partial charge in [-0.25, -0.2) is 4.98 Å². The van der Waals surface area contributed by atoms with Gasteiger partial charge in [0.05, 0.1) is 7.11 Å². The SMILES string of the molecule is CCC(C)[C@@H](N)c1ccc(OC)nc1. The Morgan fingerprint density at radius 1 is 1.50 bits per heavy atom. The van der Waals surface area contributed by atoms with Crippen LogP contribution in [0.1, 0.15) is 31.9 Å². The van der Waals surface area contributed by atoms with Gasteiger partial charge in [0.2, 0.25) is 5.88 Å². The Bertz CT molecular complexity index is 271. The predicted octanol–water partition coefficient (Wildman–Crippen LogP) is 2.14. The van der Waals surface area contributed by atoms with E-state index in [1.165, 1.54) is 0 Å². The standard InChI is InChI=1S/C11H18N2O/c1-4-8(2)11(12)9-5-6-10(14-3)13-7-9/h5-8,11H,4,12H2,1-3H3/t8?,11-/m1/s1. The third-order valence-corrected chi connectivity index (χ3v) is 2.61. The largest absolute Gasteiger partial charge is 0.481 e. The van der Waals surface area contributed by atoms with Gasteiger partial charge in [-0.05, 0) is 11.5 Å². The van der Waals surface area contributed by atoms with Gasteiger partial charge >= 0.3 is 0 Å². The maximum absolute atomic E-state index is 6.06. The minimum atomic E-state index is 0.0680. The molecular weight excluding hydrogens is 176 g/mol. The summed E-state index contributed by atoms with van der Waals surface area (Å²) < 4.78 is 4.98. The molecule has 0 aliphatic heterocycles. The molecule has 0 saturated heterocycles. The monoisotopic (exact) mass is 194 g/mol. The third kappa shape index (κ3) is 2.45. The van der Waals surface area contributed by atoms with E-state index in [1.54, 1.807) is 13.3 Å². The molecule has 1 aromatic rings. The number of hydrogen-bond acceptors (Lipinski definition) is 3. The van der Waals surface area contributed by atoms with Crippen LogP contribution in [0.25, 0.3) is 0 Å². The molecule has 3 nitrogen and oxygen atoms in total. The first-order chi connectivity index (χ1) is 6.69. The molecule has 0 bridgehead atoms. The Labute approximate surface area is 85.3 Å². The average molecular weight is 194 g/mol. The van der Waals surface area contributed by atoms with Crippen LogP contribution in [0.15, 0.2) is 18.3 Å². The molecule has 3 heteroatoms. The number of methoxy groups -OCH3 is 1. The topological polar surface area (TPSA) is 48.1 Å². The third-order valence-electron chi connectivity index (χ3n) is 2.61. The molecule has 1 heterocycles. The van der Waals surface area contributed by atoms with Crippen molar-refractivity contribution < 1.29 is 4.74 Å². The molecule has 0 aromatic carbocycles. The van der Waals surface area contributed by atoms with E-state index < -0.39 is 0 Å². The molecule has 78 valence electrons. The van der Waals surface area contributed by atoms with Gasteiger partial charge in [0.15, 0.2) is 0 Å². The van der Waals surface area contributed by atoms with E-state index in [-0.39, 0.29) is 6.04 Å². The second-order valence-electron chi connectivity index (χ2n) is 3.55. The van der Waals surface area contributed by atoms with Gasteiger partial charge in [0, 0.05) is 18.3 Å². The van der Waals surface area contributed by atoms with Gasteiger partial charge < -0.3 is 10.5 Å². The second kappa shape index (κ2) is 4.96. The summed E-state index contributed by atoms with van der Waals surface area (Å²) in [5.41, 5.74) is 7.13. The van der Waals surface area contributed by atoms with E-state index >= 15 is 0 Å². The van der Waals surface area contributed by atoms with Crippen LogP contribution >= 0.6 is 0 Å². The fraction of sp³-hybridized carbons (Fsp3) is 0.545. The molecule has 1 unspecified atom stereocenters. The second-order valence-corrected chi connectivity index (χ2v) is 3.55. The van der Waals surface area contributed by atoms with Crippen molar-refractivity contribution in [2.45, 2.75) is 26.3 Å². The van der Waals surface area contributed by atoms with Gasteiger partial charge in [-0.1, -0.05) is 26.3 Å². The predicted molar refractivity (Wildman–Crippen MR) is 57.2 cm³/mol. The first kappa shape index (κ1) is 11.0. The fourth-order valence-electron chi connectivity index (χ4n) is 1.29. The molecule has 0 fully saturated rings. The van der Waals surface area contributed by atoms with E-state index in [4.69, 9.17) is 10.5 Å². The number of pyridine rings is 1. The van der Waals surface area contributed by atoms with Crippen LogP contribution < -0.4 is 10.5 Å². The summed E-state index contributed by atoms with van der Waals surface area (Å²) in [5.74, 6) is 1.11. The zero-order valence-electron chi connectivity index (χ0n) is 9.03. The lowest BCUT2D eigenvalue weighted by Crippen LogP contribution is -2.18. The van der Waals surface area contributed by atoms with Crippen LogP contribution in [-0.4, -0.2) is 12.1 Å². The first-order valence-electron chi connectivity index (χ1n) is 4.94. The van der Waals surface area contributed by atoms with Crippen molar-refractivity contribution >= 4 is 0 Å². The zero-order chi connectivity index (χ0) is 10.6. The fourth-order valence-corrected chi connectivity index (χ4v) is 1.29. The van der Waals surface area contributed by atoms with Crippen molar-refractivity contribution in [3.8, 4) is 5.88 Å². The van der Waals surface area contributed by atoms with Crippen LogP contribution in [0.4, 0.5) is 0 Å². The van der Waals surface area contributed by atoms with Crippen molar-refractivity contribution in [2.24, 2.45) is 11.7 Å². The van der Waals surface area contributed by atoms with E-state index in [0.717, 1.165) is 12.0 Å². The van der Waals surface area contributed by atoms with Crippen molar-refractivity contribution in [1.29, 1.82) is 0 Å². The molecule has 2 atom stereocenters. The van der Waals surface area contributed by atoms with Crippen molar-refractivity contribution in [1.82, 2.24) is 4.98 Å². The molecule has 0 aliphatic carbocycles.